The van der Waals surface area contributed by atoms with Gasteiger partial charge in [-0.1, -0.05) is 57.2 Å². The van der Waals surface area contributed by atoms with Crippen LogP contribution in [0.5, 0.6) is 11.5 Å². The van der Waals surface area contributed by atoms with Gasteiger partial charge in [0.25, 0.3) is 5.91 Å². The molecule has 1 aliphatic heterocycles. The van der Waals surface area contributed by atoms with Crippen LogP contribution in [0.2, 0.25) is 0 Å². The Morgan fingerprint density at radius 2 is 1.83 bits per heavy atom. The second-order valence-electron chi connectivity index (χ2n) is 10.8. The molecule has 0 bridgehead atoms. The van der Waals surface area contributed by atoms with Crippen molar-refractivity contribution in [3.63, 3.8) is 0 Å². The first-order chi connectivity index (χ1) is 17.1. The minimum atomic E-state index is -0.915. The highest BCUT2D eigenvalue weighted by atomic mass is 16.5. The van der Waals surface area contributed by atoms with Gasteiger partial charge in [0, 0.05) is 6.54 Å². The normalized spacial score (nSPS) is 22.9. The molecular formula is C28H35N3O5. The molecule has 2 fully saturated rings. The summed E-state index contributed by atoms with van der Waals surface area (Å²) in [5.41, 5.74) is 0.879. The first-order valence-corrected chi connectivity index (χ1v) is 12.4. The number of urea groups is 1. The molecule has 2 aliphatic rings. The average Bonchev–Trinajstić information content (AvgIpc) is 3.03. The third-order valence-corrected chi connectivity index (χ3v) is 6.88. The van der Waals surface area contributed by atoms with Crippen molar-refractivity contribution in [3.05, 3.63) is 59.7 Å². The van der Waals surface area contributed by atoms with Gasteiger partial charge in [-0.2, -0.15) is 0 Å². The van der Waals surface area contributed by atoms with Crippen LogP contribution in [0, 0.1) is 11.3 Å². The standard InChI is InChI=1S/C28H35N3O5/c1-19-13-27(2,3)18-28(14-19)25(33)31(26(34)30-28)16-24(32)29-15-21-10-11-22(23(12-21)35-4)36-17-20-8-6-5-7-9-20/h5-12,19H,13-18H2,1-4H3,(H,29,32)(H,30,34)/t19-,28+/m0/s1. The first-order valence-electron chi connectivity index (χ1n) is 12.4. The van der Waals surface area contributed by atoms with E-state index in [1.807, 2.05) is 36.4 Å². The van der Waals surface area contributed by atoms with Crippen molar-refractivity contribution < 1.29 is 23.9 Å². The number of methoxy groups -OCH3 is 1. The number of nitrogens with zero attached hydrogens (tertiary/aromatic N) is 1. The van der Waals surface area contributed by atoms with Crippen molar-refractivity contribution in [1.29, 1.82) is 0 Å². The van der Waals surface area contributed by atoms with Crippen LogP contribution in [-0.2, 0) is 22.7 Å². The Balaban J connectivity index is 1.34. The number of hydrogen-bond donors (Lipinski definition) is 2. The molecule has 8 nitrogen and oxygen atoms in total. The zero-order valence-electron chi connectivity index (χ0n) is 21.4. The molecule has 8 heteroatoms. The van der Waals surface area contributed by atoms with E-state index in [9.17, 15) is 14.4 Å². The molecule has 1 spiro atoms. The Kier molecular flexibility index (Phi) is 7.24. The maximum atomic E-state index is 13.3. The Bertz CT molecular complexity index is 1130. The number of hydrogen-bond acceptors (Lipinski definition) is 5. The Hall–Kier alpha value is -3.55. The lowest BCUT2D eigenvalue weighted by molar-refractivity contribution is -0.137. The highest BCUT2D eigenvalue weighted by Crippen LogP contribution is 2.46. The molecule has 2 N–H and O–H groups in total. The third kappa shape index (κ3) is 5.64. The minimum absolute atomic E-state index is 0.0606. The van der Waals surface area contributed by atoms with Crippen LogP contribution in [0.25, 0.3) is 0 Å². The van der Waals surface area contributed by atoms with Crippen molar-refractivity contribution in [2.45, 2.75) is 58.7 Å². The van der Waals surface area contributed by atoms with Crippen molar-refractivity contribution in [2.24, 2.45) is 11.3 Å². The number of amides is 4. The molecule has 36 heavy (non-hydrogen) atoms. The van der Waals surface area contributed by atoms with Gasteiger partial charge in [-0.25, -0.2) is 4.79 Å². The second kappa shape index (κ2) is 10.2. The van der Waals surface area contributed by atoms with Crippen LogP contribution >= 0.6 is 0 Å². The van der Waals surface area contributed by atoms with E-state index in [2.05, 4.69) is 31.4 Å². The fourth-order valence-electron chi connectivity index (χ4n) is 5.73. The smallest absolute Gasteiger partial charge is 0.325 e. The largest absolute Gasteiger partial charge is 0.493 e. The summed E-state index contributed by atoms with van der Waals surface area (Å²) in [7, 11) is 1.56. The summed E-state index contributed by atoms with van der Waals surface area (Å²) >= 11 is 0. The maximum absolute atomic E-state index is 13.3. The molecule has 0 aromatic heterocycles. The molecule has 4 rings (SSSR count). The number of carbonyl (C=O) groups is 3. The van der Waals surface area contributed by atoms with E-state index in [0.717, 1.165) is 22.4 Å². The monoisotopic (exact) mass is 493 g/mol. The summed E-state index contributed by atoms with van der Waals surface area (Å²) in [6, 6.07) is 14.8. The van der Waals surface area contributed by atoms with Gasteiger partial charge in [0.1, 0.15) is 18.7 Å². The van der Waals surface area contributed by atoms with E-state index in [1.54, 1.807) is 19.2 Å². The van der Waals surface area contributed by atoms with Crippen LogP contribution in [-0.4, -0.2) is 41.9 Å². The Morgan fingerprint density at radius 3 is 2.53 bits per heavy atom. The summed E-state index contributed by atoms with van der Waals surface area (Å²) in [6.45, 7) is 6.67. The van der Waals surface area contributed by atoms with Gasteiger partial charge in [0.2, 0.25) is 5.91 Å². The predicted octanol–water partition coefficient (Wildman–Crippen LogP) is 4.03. The molecule has 4 amide bonds. The van der Waals surface area contributed by atoms with Crippen LogP contribution in [0.3, 0.4) is 0 Å². The number of benzene rings is 2. The summed E-state index contributed by atoms with van der Waals surface area (Å²) in [5, 5.41) is 5.71. The van der Waals surface area contributed by atoms with Gasteiger partial charge in [0.05, 0.1) is 7.11 Å². The van der Waals surface area contributed by atoms with E-state index in [0.29, 0.717) is 36.9 Å². The summed E-state index contributed by atoms with van der Waals surface area (Å²) in [6.07, 6.45) is 2.17. The van der Waals surface area contributed by atoms with Crippen LogP contribution < -0.4 is 20.1 Å². The molecule has 1 saturated heterocycles. The Morgan fingerprint density at radius 1 is 1.08 bits per heavy atom. The molecule has 2 aromatic carbocycles. The molecule has 1 heterocycles. The number of carbonyl (C=O) groups excluding carboxylic acids is 3. The van der Waals surface area contributed by atoms with Crippen LogP contribution in [0.15, 0.2) is 48.5 Å². The van der Waals surface area contributed by atoms with Crippen molar-refractivity contribution in [2.75, 3.05) is 13.7 Å². The maximum Gasteiger partial charge on any atom is 0.325 e. The minimum Gasteiger partial charge on any atom is -0.493 e. The average molecular weight is 494 g/mol. The molecule has 1 aliphatic carbocycles. The molecule has 2 atom stereocenters. The van der Waals surface area contributed by atoms with Gasteiger partial charge < -0.3 is 20.1 Å². The molecular weight excluding hydrogens is 458 g/mol. The van der Waals surface area contributed by atoms with Crippen molar-refractivity contribution >= 4 is 17.8 Å². The van der Waals surface area contributed by atoms with Gasteiger partial charge in [-0.15, -0.1) is 0 Å². The topological polar surface area (TPSA) is 97.0 Å². The van der Waals surface area contributed by atoms with Crippen LogP contribution in [0.4, 0.5) is 4.79 Å². The molecule has 2 aromatic rings. The lowest BCUT2D eigenvalue weighted by atomic mass is 9.64. The molecule has 1 saturated carbocycles. The predicted molar refractivity (Wildman–Crippen MR) is 135 cm³/mol. The summed E-state index contributed by atoms with van der Waals surface area (Å²) < 4.78 is 11.3. The molecule has 0 unspecified atom stereocenters. The molecule has 192 valence electrons. The van der Waals surface area contributed by atoms with Gasteiger partial charge in [0.15, 0.2) is 11.5 Å². The van der Waals surface area contributed by atoms with Crippen molar-refractivity contribution in [3.8, 4) is 11.5 Å². The van der Waals surface area contributed by atoms with Gasteiger partial charge in [-0.3, -0.25) is 14.5 Å². The highest BCUT2D eigenvalue weighted by molar-refractivity contribution is 6.09. The molecule has 0 radical (unpaired) electrons. The second-order valence-corrected chi connectivity index (χ2v) is 10.8. The fraction of sp³-hybridized carbons (Fsp3) is 0.464. The zero-order chi connectivity index (χ0) is 25.9. The zero-order valence-corrected chi connectivity index (χ0v) is 21.4. The lowest BCUT2D eigenvalue weighted by Crippen LogP contribution is -2.54. The number of ether oxygens (including phenoxy) is 2. The van der Waals surface area contributed by atoms with Crippen molar-refractivity contribution in [1.82, 2.24) is 15.5 Å². The highest BCUT2D eigenvalue weighted by Gasteiger charge is 2.56. The van der Waals surface area contributed by atoms with E-state index in [-0.39, 0.29) is 24.4 Å². The quantitative estimate of drug-likeness (QED) is 0.542. The van der Waals surface area contributed by atoms with Crippen LogP contribution in [0.1, 0.15) is 51.2 Å². The van der Waals surface area contributed by atoms with E-state index in [1.165, 1.54) is 0 Å². The first kappa shape index (κ1) is 25.5. The van der Waals surface area contributed by atoms with Gasteiger partial charge >= 0.3 is 6.03 Å². The van der Waals surface area contributed by atoms with Gasteiger partial charge in [-0.05, 0) is 53.9 Å². The lowest BCUT2D eigenvalue weighted by Gasteiger charge is -2.43. The third-order valence-electron chi connectivity index (χ3n) is 6.88. The SMILES string of the molecule is COc1cc(CNC(=O)CN2C(=O)N[C@@]3(C[C@@H](C)CC(C)(C)C3)C2=O)ccc1OCc1ccccc1. The fourth-order valence-corrected chi connectivity index (χ4v) is 5.73. The van der Waals surface area contributed by atoms with E-state index in [4.69, 9.17) is 9.47 Å². The Labute approximate surface area is 212 Å². The summed E-state index contributed by atoms with van der Waals surface area (Å²) in [4.78, 5) is 39.6. The van der Waals surface area contributed by atoms with E-state index < -0.39 is 17.5 Å². The summed E-state index contributed by atoms with van der Waals surface area (Å²) in [5.74, 6) is 0.765. The number of nitrogens with one attached hydrogen (secondary N) is 2. The van der Waals surface area contributed by atoms with E-state index >= 15 is 0 Å². The number of rotatable bonds is 8. The number of imide groups is 1.